The molecule has 6 heteroatoms. The van der Waals surface area contributed by atoms with Gasteiger partial charge in [-0.15, -0.1) is 0 Å². The summed E-state index contributed by atoms with van der Waals surface area (Å²) in [6, 6.07) is 9.56. The third-order valence-corrected chi connectivity index (χ3v) is 4.57. The lowest BCUT2D eigenvalue weighted by Crippen LogP contribution is -2.40. The van der Waals surface area contributed by atoms with E-state index in [9.17, 15) is 4.79 Å². The first-order valence-electron chi connectivity index (χ1n) is 7.03. The molecule has 0 fully saturated rings. The molecule has 0 unspecified atom stereocenters. The summed E-state index contributed by atoms with van der Waals surface area (Å²) in [6.45, 7) is 0.0686. The van der Waals surface area contributed by atoms with Gasteiger partial charge in [-0.1, -0.05) is 12.1 Å². The van der Waals surface area contributed by atoms with Gasteiger partial charge in [-0.05, 0) is 52.8 Å². The largest absolute Gasteiger partial charge is 0.396 e. The molecule has 2 amide bonds. The van der Waals surface area contributed by atoms with Crippen LogP contribution in [0.2, 0.25) is 0 Å². The number of hydrogen-bond acceptors (Lipinski definition) is 4. The second-order valence-corrected chi connectivity index (χ2v) is 6.55. The standard InChI is InChI=1S/C16H20N2O2S2/c1-21-11-15(5-7-19)18-16(20)17-14-4-2-3-12(9-14)13-6-8-22-10-13/h2-4,6,8-10,15,19H,5,7,11H2,1H3,(H2,17,18,20)/t15-/m0/s1. The summed E-state index contributed by atoms with van der Waals surface area (Å²) in [6.07, 6.45) is 2.54. The number of aliphatic hydroxyl groups excluding tert-OH is 1. The van der Waals surface area contributed by atoms with Crippen molar-refractivity contribution in [1.29, 1.82) is 0 Å². The Labute approximate surface area is 138 Å². The van der Waals surface area contributed by atoms with E-state index in [2.05, 4.69) is 22.1 Å². The fraction of sp³-hybridized carbons (Fsp3) is 0.312. The zero-order valence-corrected chi connectivity index (χ0v) is 14.0. The van der Waals surface area contributed by atoms with Crippen LogP contribution < -0.4 is 10.6 Å². The van der Waals surface area contributed by atoms with Crippen LogP contribution in [0.3, 0.4) is 0 Å². The van der Waals surface area contributed by atoms with Gasteiger partial charge in [0.1, 0.15) is 0 Å². The van der Waals surface area contributed by atoms with Crippen molar-refractivity contribution in [2.45, 2.75) is 12.5 Å². The molecule has 4 nitrogen and oxygen atoms in total. The van der Waals surface area contributed by atoms with E-state index < -0.39 is 0 Å². The molecule has 1 atom stereocenters. The Kier molecular flexibility index (Phi) is 6.76. The lowest BCUT2D eigenvalue weighted by atomic mass is 10.1. The zero-order chi connectivity index (χ0) is 15.8. The quantitative estimate of drug-likeness (QED) is 0.723. The highest BCUT2D eigenvalue weighted by atomic mass is 32.2. The van der Waals surface area contributed by atoms with Crippen LogP contribution in [0.15, 0.2) is 41.1 Å². The Hall–Kier alpha value is -1.50. The maximum Gasteiger partial charge on any atom is 0.319 e. The lowest BCUT2D eigenvalue weighted by molar-refractivity contribution is 0.241. The number of thiophene rings is 1. The van der Waals surface area contributed by atoms with Gasteiger partial charge in [-0.3, -0.25) is 0 Å². The van der Waals surface area contributed by atoms with Gasteiger partial charge in [0.15, 0.2) is 0 Å². The number of carbonyl (C=O) groups excluding carboxylic acids is 1. The number of carbonyl (C=O) groups is 1. The van der Waals surface area contributed by atoms with E-state index in [0.717, 1.165) is 22.6 Å². The number of hydrogen-bond donors (Lipinski definition) is 3. The number of amides is 2. The van der Waals surface area contributed by atoms with Gasteiger partial charge in [0, 0.05) is 24.1 Å². The smallest absolute Gasteiger partial charge is 0.319 e. The Bertz CT molecular complexity index is 582. The van der Waals surface area contributed by atoms with E-state index in [1.807, 2.05) is 35.9 Å². The summed E-state index contributed by atoms with van der Waals surface area (Å²) in [5, 5.41) is 18.9. The minimum Gasteiger partial charge on any atom is -0.396 e. The minimum atomic E-state index is -0.241. The summed E-state index contributed by atoms with van der Waals surface area (Å²) in [4.78, 5) is 12.1. The summed E-state index contributed by atoms with van der Waals surface area (Å²) in [7, 11) is 0. The number of thioether (sulfide) groups is 1. The monoisotopic (exact) mass is 336 g/mol. The number of urea groups is 1. The lowest BCUT2D eigenvalue weighted by Gasteiger charge is -2.17. The predicted octanol–water partition coefficient (Wildman–Crippen LogP) is 3.65. The molecule has 1 heterocycles. The first kappa shape index (κ1) is 16.9. The van der Waals surface area contributed by atoms with Crippen molar-refractivity contribution < 1.29 is 9.90 Å². The van der Waals surface area contributed by atoms with E-state index in [4.69, 9.17) is 5.11 Å². The molecule has 2 aromatic rings. The summed E-state index contributed by atoms with van der Waals surface area (Å²) >= 11 is 3.29. The predicted molar refractivity (Wildman–Crippen MR) is 95.8 cm³/mol. The van der Waals surface area contributed by atoms with Crippen LogP contribution in [-0.2, 0) is 0 Å². The zero-order valence-electron chi connectivity index (χ0n) is 12.4. The number of aliphatic hydroxyl groups is 1. The summed E-state index contributed by atoms with van der Waals surface area (Å²) in [5.74, 6) is 0.781. The number of rotatable bonds is 7. The molecule has 0 saturated carbocycles. The van der Waals surface area contributed by atoms with Crippen LogP contribution in [0.5, 0.6) is 0 Å². The number of benzene rings is 1. The van der Waals surface area contributed by atoms with Crippen molar-refractivity contribution in [2.24, 2.45) is 0 Å². The van der Waals surface area contributed by atoms with Crippen LogP contribution in [0, 0.1) is 0 Å². The fourth-order valence-electron chi connectivity index (χ4n) is 2.11. The van der Waals surface area contributed by atoms with Crippen LogP contribution in [0.25, 0.3) is 11.1 Å². The summed E-state index contributed by atoms with van der Waals surface area (Å²) < 4.78 is 0. The highest BCUT2D eigenvalue weighted by Gasteiger charge is 2.11. The van der Waals surface area contributed by atoms with Crippen molar-refractivity contribution in [3.05, 3.63) is 41.1 Å². The normalized spacial score (nSPS) is 11.9. The molecule has 3 N–H and O–H groups in total. The van der Waals surface area contributed by atoms with Crippen LogP contribution >= 0.6 is 23.1 Å². The maximum atomic E-state index is 12.1. The van der Waals surface area contributed by atoms with E-state index >= 15 is 0 Å². The van der Waals surface area contributed by atoms with Gasteiger partial charge >= 0.3 is 6.03 Å². The first-order chi connectivity index (χ1) is 10.7. The Balaban J connectivity index is 1.98. The fourth-order valence-corrected chi connectivity index (χ4v) is 3.43. The van der Waals surface area contributed by atoms with Crippen molar-refractivity contribution in [2.75, 3.05) is 23.9 Å². The average molecular weight is 336 g/mol. The highest BCUT2D eigenvalue weighted by molar-refractivity contribution is 7.98. The molecule has 0 aliphatic carbocycles. The molecular weight excluding hydrogens is 316 g/mol. The van der Waals surface area contributed by atoms with Gasteiger partial charge in [-0.25, -0.2) is 4.79 Å². The average Bonchev–Trinajstić information content (AvgIpc) is 3.02. The number of nitrogens with one attached hydrogen (secondary N) is 2. The van der Waals surface area contributed by atoms with Gasteiger partial charge in [0.05, 0.1) is 0 Å². The molecule has 1 aromatic heterocycles. The van der Waals surface area contributed by atoms with Crippen molar-refractivity contribution in [3.8, 4) is 11.1 Å². The molecule has 0 saturated heterocycles. The van der Waals surface area contributed by atoms with Crippen LogP contribution in [0.1, 0.15) is 6.42 Å². The molecule has 118 valence electrons. The van der Waals surface area contributed by atoms with Crippen LogP contribution in [0.4, 0.5) is 10.5 Å². The number of anilines is 1. The molecule has 2 rings (SSSR count). The Morgan fingerprint density at radius 3 is 2.91 bits per heavy atom. The third-order valence-electron chi connectivity index (χ3n) is 3.16. The summed E-state index contributed by atoms with van der Waals surface area (Å²) in [5.41, 5.74) is 2.98. The second kappa shape index (κ2) is 8.82. The topological polar surface area (TPSA) is 61.4 Å². The molecule has 0 spiro atoms. The van der Waals surface area contributed by atoms with E-state index in [1.165, 1.54) is 0 Å². The first-order valence-corrected chi connectivity index (χ1v) is 9.36. The van der Waals surface area contributed by atoms with E-state index in [1.54, 1.807) is 23.1 Å². The van der Waals surface area contributed by atoms with Crippen molar-refractivity contribution >= 4 is 34.8 Å². The Morgan fingerprint density at radius 1 is 1.36 bits per heavy atom. The van der Waals surface area contributed by atoms with Gasteiger partial charge < -0.3 is 15.7 Å². The van der Waals surface area contributed by atoms with Gasteiger partial charge in [0.2, 0.25) is 0 Å². The molecule has 0 radical (unpaired) electrons. The van der Waals surface area contributed by atoms with E-state index in [-0.39, 0.29) is 18.7 Å². The third kappa shape index (κ3) is 5.05. The van der Waals surface area contributed by atoms with Gasteiger partial charge in [0.25, 0.3) is 0 Å². The molecular formula is C16H20N2O2S2. The molecule has 22 heavy (non-hydrogen) atoms. The van der Waals surface area contributed by atoms with Crippen molar-refractivity contribution in [3.63, 3.8) is 0 Å². The van der Waals surface area contributed by atoms with Crippen molar-refractivity contribution in [1.82, 2.24) is 5.32 Å². The van der Waals surface area contributed by atoms with Crippen LogP contribution in [-0.4, -0.2) is 35.8 Å². The van der Waals surface area contributed by atoms with E-state index in [0.29, 0.717) is 6.42 Å². The molecule has 1 aromatic carbocycles. The SMILES string of the molecule is CSC[C@H](CCO)NC(=O)Nc1cccc(-c2ccsc2)c1. The van der Waals surface area contributed by atoms with Gasteiger partial charge in [-0.2, -0.15) is 23.1 Å². The molecule has 0 aliphatic rings. The molecule has 0 aliphatic heterocycles. The minimum absolute atomic E-state index is 0.0277. The Morgan fingerprint density at radius 2 is 2.23 bits per heavy atom. The second-order valence-electron chi connectivity index (χ2n) is 4.86. The highest BCUT2D eigenvalue weighted by Crippen LogP contribution is 2.24. The molecule has 0 bridgehead atoms. The maximum absolute atomic E-state index is 12.1.